The van der Waals surface area contributed by atoms with Crippen LogP contribution < -0.4 is 10.6 Å². The molecule has 6 nitrogen and oxygen atoms in total. The van der Waals surface area contributed by atoms with Crippen molar-refractivity contribution in [2.45, 2.75) is 44.4 Å². The topological polar surface area (TPSA) is 79.0 Å². The Bertz CT molecular complexity index is 604. The van der Waals surface area contributed by atoms with E-state index in [1.807, 2.05) is 20.8 Å². The van der Waals surface area contributed by atoms with Crippen LogP contribution >= 0.6 is 24.0 Å². The van der Waals surface area contributed by atoms with E-state index in [-0.39, 0.29) is 5.97 Å². The van der Waals surface area contributed by atoms with E-state index >= 15 is 0 Å². The van der Waals surface area contributed by atoms with Crippen molar-refractivity contribution in [2.75, 3.05) is 11.1 Å². The molecule has 1 aliphatic heterocycles. The summed E-state index contributed by atoms with van der Waals surface area (Å²) in [7, 11) is 0. The fourth-order valence-electron chi connectivity index (χ4n) is 1.84. The Morgan fingerprint density at radius 1 is 1.41 bits per heavy atom. The lowest BCUT2D eigenvalue weighted by atomic mass is 10.2. The van der Waals surface area contributed by atoms with Gasteiger partial charge in [-0.05, 0) is 39.4 Å². The largest absolute Gasteiger partial charge is 0.460 e. The molecule has 0 amide bonds. The quantitative estimate of drug-likeness (QED) is 0.329. The molecule has 1 aromatic rings. The maximum atomic E-state index is 11.6. The number of rotatable bonds is 5. The van der Waals surface area contributed by atoms with Crippen LogP contribution in [0.3, 0.4) is 0 Å². The number of anilines is 1. The Labute approximate surface area is 139 Å². The van der Waals surface area contributed by atoms with Crippen LogP contribution in [0.2, 0.25) is 0 Å². The van der Waals surface area contributed by atoms with Crippen molar-refractivity contribution < 1.29 is 9.53 Å². The number of esters is 1. The van der Waals surface area contributed by atoms with Gasteiger partial charge in [0.1, 0.15) is 11.3 Å². The second-order valence-electron chi connectivity index (χ2n) is 5.86. The van der Waals surface area contributed by atoms with Crippen LogP contribution in [0.25, 0.3) is 5.70 Å². The molecule has 3 N–H and O–H groups in total. The molecule has 22 heavy (non-hydrogen) atoms. The van der Waals surface area contributed by atoms with Crippen molar-refractivity contribution in [3.63, 3.8) is 0 Å². The van der Waals surface area contributed by atoms with Crippen molar-refractivity contribution in [3.05, 3.63) is 12.3 Å². The van der Waals surface area contributed by atoms with E-state index in [0.29, 0.717) is 23.0 Å². The Kier molecular flexibility index (Phi) is 5.12. The molecule has 2 rings (SSSR count). The van der Waals surface area contributed by atoms with Crippen LogP contribution in [0.5, 0.6) is 0 Å². The van der Waals surface area contributed by atoms with E-state index in [2.05, 4.69) is 27.2 Å². The van der Waals surface area contributed by atoms with Gasteiger partial charge in [-0.3, -0.25) is 4.79 Å². The number of thioether (sulfide) groups is 1. The number of carbonyl (C=O) groups is 1. The number of H-pyrrole nitrogens is 1. The number of hydrogen-bond acceptors (Lipinski definition) is 5. The minimum atomic E-state index is -0.429. The first-order valence-electron chi connectivity index (χ1n) is 6.96. The van der Waals surface area contributed by atoms with Crippen molar-refractivity contribution in [2.24, 2.45) is 0 Å². The normalized spacial score (nSPS) is 14.1. The highest BCUT2D eigenvalue weighted by molar-refractivity contribution is 7.99. The number of imidazole rings is 1. The zero-order chi connectivity index (χ0) is 16.3. The molecule has 0 bridgehead atoms. The average molecular weight is 340 g/mol. The van der Waals surface area contributed by atoms with Crippen LogP contribution in [0.15, 0.2) is 11.7 Å². The third-order valence-corrected chi connectivity index (χ3v) is 3.83. The molecule has 1 aliphatic rings. The third-order valence-electron chi connectivity index (χ3n) is 2.66. The van der Waals surface area contributed by atoms with Crippen molar-refractivity contribution >= 4 is 46.6 Å². The highest BCUT2D eigenvalue weighted by Crippen LogP contribution is 2.27. The fraction of sp³-hybridized carbons (Fsp3) is 0.500. The zero-order valence-corrected chi connectivity index (χ0v) is 14.5. The second-order valence-corrected chi connectivity index (χ2v) is 7.35. The van der Waals surface area contributed by atoms with Crippen molar-refractivity contribution in [1.82, 2.24) is 15.3 Å². The number of fused-ring (bicyclic) bond motifs is 1. The minimum absolute atomic E-state index is 0.170. The maximum Gasteiger partial charge on any atom is 0.306 e. The van der Waals surface area contributed by atoms with Gasteiger partial charge in [-0.15, -0.1) is 0 Å². The molecule has 1 aromatic heterocycles. The first kappa shape index (κ1) is 16.8. The molecule has 0 unspecified atom stereocenters. The molecule has 8 heteroatoms. The van der Waals surface area contributed by atoms with E-state index in [0.717, 1.165) is 23.0 Å². The maximum absolute atomic E-state index is 11.6. The summed E-state index contributed by atoms with van der Waals surface area (Å²) in [6.07, 6.45) is 1.14. The highest BCUT2D eigenvalue weighted by atomic mass is 32.2. The van der Waals surface area contributed by atoms with Gasteiger partial charge in [0.2, 0.25) is 0 Å². The summed E-state index contributed by atoms with van der Waals surface area (Å²) >= 11 is 6.60. The molecule has 0 aliphatic carbocycles. The van der Waals surface area contributed by atoms with Gasteiger partial charge in [0.05, 0.1) is 5.70 Å². The summed E-state index contributed by atoms with van der Waals surface area (Å²) in [5.74, 6) is 1.29. The Morgan fingerprint density at radius 2 is 2.14 bits per heavy atom. The summed E-state index contributed by atoms with van der Waals surface area (Å²) in [5, 5.41) is 7.18. The van der Waals surface area contributed by atoms with Crippen LogP contribution in [0.4, 0.5) is 5.82 Å². The van der Waals surface area contributed by atoms with Crippen LogP contribution in [-0.4, -0.2) is 32.4 Å². The van der Waals surface area contributed by atoms with Gasteiger partial charge in [-0.25, -0.2) is 4.98 Å². The van der Waals surface area contributed by atoms with E-state index in [1.165, 1.54) is 0 Å². The molecule has 2 heterocycles. The monoisotopic (exact) mass is 340 g/mol. The number of nitrogens with one attached hydrogen (secondary N) is 3. The molecular weight excluding hydrogens is 320 g/mol. The molecule has 0 fully saturated rings. The van der Waals surface area contributed by atoms with Gasteiger partial charge in [0, 0.05) is 12.2 Å². The van der Waals surface area contributed by atoms with Crippen LogP contribution in [-0.2, 0) is 9.53 Å². The number of aromatic nitrogens is 2. The number of nitrogens with zero attached hydrogens (tertiary/aromatic N) is 1. The molecule has 0 saturated heterocycles. The van der Waals surface area contributed by atoms with E-state index in [9.17, 15) is 4.79 Å². The number of carbonyl (C=O) groups excluding carboxylic acids is 1. The smallest absolute Gasteiger partial charge is 0.306 e. The predicted octanol–water partition coefficient (Wildman–Crippen LogP) is 2.89. The van der Waals surface area contributed by atoms with Crippen LogP contribution in [0.1, 0.15) is 39.3 Å². The first-order chi connectivity index (χ1) is 10.2. The number of hydrogen-bond donors (Lipinski definition) is 3. The SMILES string of the molecule is C=C1NC(=S)Nc2nc(SCCCC(=O)OC(C)(C)C)[nH]c21. The number of thiocarbonyl (C=S) groups is 1. The Balaban J connectivity index is 1.79. The number of aromatic amines is 1. The molecule has 0 radical (unpaired) electrons. The Hall–Kier alpha value is -1.54. The molecule has 120 valence electrons. The van der Waals surface area contributed by atoms with Gasteiger partial charge in [0.25, 0.3) is 0 Å². The summed E-state index contributed by atoms with van der Waals surface area (Å²) in [6, 6.07) is 0. The lowest BCUT2D eigenvalue weighted by molar-refractivity contribution is -0.154. The van der Waals surface area contributed by atoms with E-state index < -0.39 is 5.60 Å². The summed E-state index contributed by atoms with van der Waals surface area (Å²) in [5.41, 5.74) is 1.08. The van der Waals surface area contributed by atoms with Gasteiger partial charge >= 0.3 is 5.97 Å². The molecule has 0 saturated carbocycles. The van der Waals surface area contributed by atoms with Crippen molar-refractivity contribution in [1.29, 1.82) is 0 Å². The lowest BCUT2D eigenvalue weighted by Crippen LogP contribution is -2.31. The number of ether oxygens (including phenoxy) is 1. The highest BCUT2D eigenvalue weighted by Gasteiger charge is 2.20. The second kappa shape index (κ2) is 6.70. The zero-order valence-electron chi connectivity index (χ0n) is 12.9. The molecule has 0 spiro atoms. The van der Waals surface area contributed by atoms with Gasteiger partial charge in [-0.2, -0.15) is 0 Å². The van der Waals surface area contributed by atoms with E-state index in [1.54, 1.807) is 11.8 Å². The van der Waals surface area contributed by atoms with Crippen molar-refractivity contribution in [3.8, 4) is 0 Å². The predicted molar refractivity (Wildman–Crippen MR) is 92.8 cm³/mol. The molecule has 0 aromatic carbocycles. The minimum Gasteiger partial charge on any atom is -0.460 e. The van der Waals surface area contributed by atoms with Crippen LogP contribution in [0, 0.1) is 0 Å². The Morgan fingerprint density at radius 3 is 2.82 bits per heavy atom. The standard InChI is InChI=1S/C14H20N4O2S2/c1-8-10-11(17-12(21)15-8)18-13(16-10)22-7-5-6-9(19)20-14(2,3)4/h1,5-7H2,2-4H3,(H,16,18)(H2,15,17,21). The van der Waals surface area contributed by atoms with Gasteiger partial charge in [-0.1, -0.05) is 18.3 Å². The average Bonchev–Trinajstić information content (AvgIpc) is 2.75. The first-order valence-corrected chi connectivity index (χ1v) is 8.36. The molecule has 0 atom stereocenters. The summed E-state index contributed by atoms with van der Waals surface area (Å²) in [4.78, 5) is 19.2. The summed E-state index contributed by atoms with van der Waals surface area (Å²) in [6.45, 7) is 9.49. The van der Waals surface area contributed by atoms with E-state index in [4.69, 9.17) is 17.0 Å². The van der Waals surface area contributed by atoms with Gasteiger partial charge in [0.15, 0.2) is 16.1 Å². The lowest BCUT2D eigenvalue weighted by Gasteiger charge is -2.19. The van der Waals surface area contributed by atoms with Gasteiger partial charge < -0.3 is 20.4 Å². The fourth-order valence-corrected chi connectivity index (χ4v) is 2.88. The third kappa shape index (κ3) is 4.74. The summed E-state index contributed by atoms with van der Waals surface area (Å²) < 4.78 is 5.27. The molecular formula is C14H20N4O2S2.